The maximum atomic E-state index is 12.1. The molecule has 1 aromatic carbocycles. The van der Waals surface area contributed by atoms with Crippen molar-refractivity contribution in [2.75, 3.05) is 12.8 Å². The molecule has 0 saturated heterocycles. The highest BCUT2D eigenvalue weighted by Crippen LogP contribution is 2.16. The number of amides is 2. The summed E-state index contributed by atoms with van der Waals surface area (Å²) in [6.07, 6.45) is 1.32. The molecule has 0 heterocycles. The van der Waals surface area contributed by atoms with Gasteiger partial charge in [-0.1, -0.05) is 19.9 Å². The second kappa shape index (κ2) is 8.79. The Labute approximate surface area is 152 Å². The molecular formula is C17H24N2O6S. The molecule has 144 valence electrons. The van der Waals surface area contributed by atoms with Crippen molar-refractivity contribution >= 4 is 27.6 Å². The van der Waals surface area contributed by atoms with Crippen LogP contribution in [0.1, 0.15) is 36.2 Å². The molecule has 8 nitrogen and oxygen atoms in total. The summed E-state index contributed by atoms with van der Waals surface area (Å²) in [5.41, 5.74) is 0.612. The van der Waals surface area contributed by atoms with Gasteiger partial charge in [-0.25, -0.2) is 13.2 Å². The largest absolute Gasteiger partial charge is 0.480 e. The summed E-state index contributed by atoms with van der Waals surface area (Å²) in [6.45, 7) is 4.87. The molecule has 0 aromatic heterocycles. The average Bonchev–Trinajstić information content (AvgIpc) is 2.50. The van der Waals surface area contributed by atoms with Gasteiger partial charge in [-0.15, -0.1) is 0 Å². The van der Waals surface area contributed by atoms with E-state index in [9.17, 15) is 22.8 Å². The normalized spacial score (nSPS) is 12.5. The monoisotopic (exact) mass is 384 g/mol. The van der Waals surface area contributed by atoms with Gasteiger partial charge in [0.15, 0.2) is 9.84 Å². The van der Waals surface area contributed by atoms with Gasteiger partial charge in [0.2, 0.25) is 5.91 Å². The first-order valence-electron chi connectivity index (χ1n) is 8.03. The van der Waals surface area contributed by atoms with Gasteiger partial charge in [0.1, 0.15) is 6.04 Å². The Kier molecular flexibility index (Phi) is 7.31. The van der Waals surface area contributed by atoms with Gasteiger partial charge in [0.25, 0.3) is 5.91 Å². The minimum absolute atomic E-state index is 0.0393. The van der Waals surface area contributed by atoms with Crippen molar-refractivity contribution in [3.63, 3.8) is 0 Å². The van der Waals surface area contributed by atoms with E-state index in [-0.39, 0.29) is 22.8 Å². The fraction of sp³-hybridized carbons (Fsp3) is 0.471. The summed E-state index contributed by atoms with van der Waals surface area (Å²) in [6, 6.07) is 3.18. The van der Waals surface area contributed by atoms with Crippen LogP contribution in [0.3, 0.4) is 0 Å². The molecule has 9 heteroatoms. The molecule has 0 aliphatic carbocycles. The first-order valence-corrected chi connectivity index (χ1v) is 9.92. The van der Waals surface area contributed by atoms with Gasteiger partial charge in [-0.2, -0.15) is 0 Å². The average molecular weight is 384 g/mol. The van der Waals surface area contributed by atoms with E-state index >= 15 is 0 Å². The number of aryl methyl sites for hydroxylation is 1. The van der Waals surface area contributed by atoms with Crippen LogP contribution in [0.5, 0.6) is 0 Å². The zero-order chi connectivity index (χ0) is 20.1. The molecule has 1 atom stereocenters. The number of carbonyl (C=O) groups excluding carboxylic acids is 2. The smallest absolute Gasteiger partial charge is 0.326 e. The maximum Gasteiger partial charge on any atom is 0.326 e. The van der Waals surface area contributed by atoms with Gasteiger partial charge >= 0.3 is 5.97 Å². The number of aliphatic carboxylic acids is 1. The first-order chi connectivity index (χ1) is 11.9. The summed E-state index contributed by atoms with van der Waals surface area (Å²) in [4.78, 5) is 35.2. The SMILES string of the molecule is Cc1ccc(C(=O)NCC(=O)N[C@@H](CC(C)C)C(=O)O)cc1S(C)(=O)=O. The highest BCUT2D eigenvalue weighted by atomic mass is 32.2. The van der Waals surface area contributed by atoms with Crippen LogP contribution in [0, 0.1) is 12.8 Å². The van der Waals surface area contributed by atoms with Gasteiger partial charge in [-0.3, -0.25) is 9.59 Å². The van der Waals surface area contributed by atoms with Crippen LogP contribution < -0.4 is 10.6 Å². The minimum atomic E-state index is -3.48. The summed E-state index contributed by atoms with van der Waals surface area (Å²) in [5, 5.41) is 13.8. The van der Waals surface area contributed by atoms with Crippen molar-refractivity contribution in [3.05, 3.63) is 29.3 Å². The summed E-state index contributed by atoms with van der Waals surface area (Å²) in [7, 11) is -3.48. The molecule has 0 radical (unpaired) electrons. The number of carboxylic acids is 1. The van der Waals surface area contributed by atoms with E-state index in [2.05, 4.69) is 10.6 Å². The van der Waals surface area contributed by atoms with Crippen molar-refractivity contribution in [1.29, 1.82) is 0 Å². The molecule has 0 aliphatic heterocycles. The van der Waals surface area contributed by atoms with Crippen LogP contribution in [-0.4, -0.2) is 50.2 Å². The zero-order valence-corrected chi connectivity index (χ0v) is 16.0. The molecule has 0 aliphatic rings. The molecular weight excluding hydrogens is 360 g/mol. The maximum absolute atomic E-state index is 12.1. The van der Waals surface area contributed by atoms with Crippen LogP contribution in [0.25, 0.3) is 0 Å². The highest BCUT2D eigenvalue weighted by Gasteiger charge is 2.21. The standard InChI is InChI=1S/C17H24N2O6S/c1-10(2)7-13(17(22)23)19-15(20)9-18-16(21)12-6-5-11(3)14(8-12)26(4,24)25/h5-6,8,10,13H,7,9H2,1-4H3,(H,18,21)(H,19,20)(H,22,23)/t13-/m0/s1. The summed E-state index contributed by atoms with van der Waals surface area (Å²) in [5.74, 6) is -2.33. The third-order valence-electron chi connectivity index (χ3n) is 3.60. The van der Waals surface area contributed by atoms with Crippen molar-refractivity contribution in [2.45, 2.75) is 38.1 Å². The third-order valence-corrected chi connectivity index (χ3v) is 4.84. The number of benzene rings is 1. The fourth-order valence-electron chi connectivity index (χ4n) is 2.34. The van der Waals surface area contributed by atoms with E-state index in [0.717, 1.165) is 6.26 Å². The summed E-state index contributed by atoms with van der Waals surface area (Å²) < 4.78 is 23.4. The quantitative estimate of drug-likeness (QED) is 0.606. The van der Waals surface area contributed by atoms with Crippen molar-refractivity contribution in [2.24, 2.45) is 5.92 Å². The zero-order valence-electron chi connectivity index (χ0n) is 15.2. The molecule has 0 spiro atoms. The van der Waals surface area contributed by atoms with Crippen molar-refractivity contribution in [1.82, 2.24) is 10.6 Å². The van der Waals surface area contributed by atoms with E-state index in [1.807, 2.05) is 13.8 Å². The van der Waals surface area contributed by atoms with Gasteiger partial charge in [0.05, 0.1) is 11.4 Å². The fourth-order valence-corrected chi connectivity index (χ4v) is 3.34. The van der Waals surface area contributed by atoms with Gasteiger partial charge in [0, 0.05) is 11.8 Å². The second-order valence-corrected chi connectivity index (χ2v) is 8.51. The molecule has 0 saturated carbocycles. The number of rotatable bonds is 8. The predicted molar refractivity (Wildman–Crippen MR) is 95.6 cm³/mol. The Morgan fingerprint density at radius 2 is 1.81 bits per heavy atom. The Morgan fingerprint density at radius 1 is 1.19 bits per heavy atom. The van der Waals surface area contributed by atoms with Crippen LogP contribution in [0.4, 0.5) is 0 Å². The Hall–Kier alpha value is -2.42. The van der Waals surface area contributed by atoms with E-state index in [4.69, 9.17) is 5.11 Å². The number of nitrogens with one attached hydrogen (secondary N) is 2. The number of hydrogen-bond donors (Lipinski definition) is 3. The number of hydrogen-bond acceptors (Lipinski definition) is 5. The van der Waals surface area contributed by atoms with Crippen molar-refractivity contribution < 1.29 is 27.9 Å². The first kappa shape index (κ1) is 21.6. The lowest BCUT2D eigenvalue weighted by Gasteiger charge is -2.16. The Bertz CT molecular complexity index is 801. The molecule has 0 unspecified atom stereocenters. The molecule has 2 amide bonds. The van der Waals surface area contributed by atoms with Gasteiger partial charge < -0.3 is 15.7 Å². The third kappa shape index (κ3) is 6.47. The lowest BCUT2D eigenvalue weighted by molar-refractivity contribution is -0.142. The van der Waals surface area contributed by atoms with Crippen LogP contribution >= 0.6 is 0 Å². The van der Waals surface area contributed by atoms with E-state index in [1.165, 1.54) is 18.2 Å². The molecule has 0 bridgehead atoms. The topological polar surface area (TPSA) is 130 Å². The molecule has 26 heavy (non-hydrogen) atoms. The Balaban J connectivity index is 2.74. The van der Waals surface area contributed by atoms with Crippen LogP contribution in [0.2, 0.25) is 0 Å². The lowest BCUT2D eigenvalue weighted by Crippen LogP contribution is -2.46. The molecule has 3 N–H and O–H groups in total. The van der Waals surface area contributed by atoms with Crippen LogP contribution in [-0.2, 0) is 19.4 Å². The molecule has 1 rings (SSSR count). The second-order valence-electron chi connectivity index (χ2n) is 6.52. The van der Waals surface area contributed by atoms with E-state index in [1.54, 1.807) is 6.92 Å². The Morgan fingerprint density at radius 3 is 2.31 bits per heavy atom. The van der Waals surface area contributed by atoms with Crippen LogP contribution in [0.15, 0.2) is 23.1 Å². The number of carboxylic acid groups (broad SMARTS) is 1. The number of carbonyl (C=O) groups is 3. The van der Waals surface area contributed by atoms with E-state index in [0.29, 0.717) is 5.56 Å². The molecule has 0 fully saturated rings. The van der Waals surface area contributed by atoms with E-state index < -0.39 is 40.2 Å². The minimum Gasteiger partial charge on any atom is -0.480 e. The summed E-state index contributed by atoms with van der Waals surface area (Å²) >= 11 is 0. The lowest BCUT2D eigenvalue weighted by atomic mass is 10.0. The van der Waals surface area contributed by atoms with Crippen molar-refractivity contribution in [3.8, 4) is 0 Å². The predicted octanol–water partition coefficient (Wildman–Crippen LogP) is 0.744. The highest BCUT2D eigenvalue weighted by molar-refractivity contribution is 7.90. The molecule has 1 aromatic rings. The van der Waals surface area contributed by atoms with Gasteiger partial charge in [-0.05, 0) is 37.0 Å². The number of sulfone groups is 1.